The molecular formula is C22H28N6. The molecule has 3 aromatic rings. The molecule has 28 heavy (non-hydrogen) atoms. The molecule has 1 saturated heterocycles. The second kappa shape index (κ2) is 8.10. The Hall–Kier alpha value is -2.73. The lowest BCUT2D eigenvalue weighted by molar-refractivity contribution is 0.0711. The van der Waals surface area contributed by atoms with E-state index in [9.17, 15) is 0 Å². The molecule has 4 rings (SSSR count). The maximum atomic E-state index is 5.85. The smallest absolute Gasteiger partial charge is 0.0719 e. The molecule has 1 fully saturated rings. The predicted molar refractivity (Wildman–Crippen MR) is 111 cm³/mol. The molecule has 1 aliphatic rings. The molecule has 1 aliphatic heterocycles. The lowest BCUT2D eigenvalue weighted by Gasteiger charge is -2.42. The summed E-state index contributed by atoms with van der Waals surface area (Å²) in [6.45, 7) is 5.99. The summed E-state index contributed by atoms with van der Waals surface area (Å²) in [7, 11) is 0. The SMILES string of the molecule is Cc1cccnc1[C@H]1CCC[C@@H](c2ncccc2C)N1CCn1cc(N)cn1. The highest BCUT2D eigenvalue weighted by molar-refractivity contribution is 5.30. The number of anilines is 1. The molecule has 0 spiro atoms. The van der Waals surface area contributed by atoms with Crippen molar-refractivity contribution in [1.82, 2.24) is 24.6 Å². The van der Waals surface area contributed by atoms with Crippen LogP contribution in [0.25, 0.3) is 0 Å². The first-order valence-corrected chi connectivity index (χ1v) is 10.00. The summed E-state index contributed by atoms with van der Waals surface area (Å²) >= 11 is 0. The number of piperidine rings is 1. The van der Waals surface area contributed by atoms with E-state index in [4.69, 9.17) is 15.7 Å². The first-order valence-electron chi connectivity index (χ1n) is 10.00. The van der Waals surface area contributed by atoms with Crippen LogP contribution < -0.4 is 5.73 Å². The van der Waals surface area contributed by atoms with Gasteiger partial charge in [-0.3, -0.25) is 19.5 Å². The summed E-state index contributed by atoms with van der Waals surface area (Å²) in [5.41, 5.74) is 11.4. The van der Waals surface area contributed by atoms with E-state index in [0.29, 0.717) is 5.69 Å². The van der Waals surface area contributed by atoms with Gasteiger partial charge in [-0.2, -0.15) is 5.10 Å². The van der Waals surface area contributed by atoms with E-state index in [1.54, 1.807) is 6.20 Å². The van der Waals surface area contributed by atoms with Crippen molar-refractivity contribution in [3.8, 4) is 0 Å². The predicted octanol–water partition coefficient (Wildman–Crippen LogP) is 3.84. The maximum Gasteiger partial charge on any atom is 0.0719 e. The van der Waals surface area contributed by atoms with Crippen molar-refractivity contribution in [3.63, 3.8) is 0 Å². The van der Waals surface area contributed by atoms with Gasteiger partial charge in [0.15, 0.2) is 0 Å². The zero-order chi connectivity index (χ0) is 19.5. The van der Waals surface area contributed by atoms with Gasteiger partial charge in [-0.05, 0) is 56.4 Å². The fourth-order valence-electron chi connectivity index (χ4n) is 4.37. The van der Waals surface area contributed by atoms with Crippen molar-refractivity contribution in [2.75, 3.05) is 12.3 Å². The number of nitrogen functional groups attached to an aromatic ring is 1. The Morgan fingerprint density at radius 1 is 0.964 bits per heavy atom. The molecule has 0 aliphatic carbocycles. The third-order valence-electron chi connectivity index (χ3n) is 5.73. The van der Waals surface area contributed by atoms with Crippen LogP contribution in [0.2, 0.25) is 0 Å². The molecule has 2 atom stereocenters. The molecule has 6 heteroatoms. The number of hydrogen-bond acceptors (Lipinski definition) is 5. The number of hydrogen-bond donors (Lipinski definition) is 1. The Kier molecular flexibility index (Phi) is 5.39. The second-order valence-electron chi connectivity index (χ2n) is 7.65. The van der Waals surface area contributed by atoms with Gasteiger partial charge in [0.2, 0.25) is 0 Å². The summed E-state index contributed by atoms with van der Waals surface area (Å²) < 4.78 is 1.93. The van der Waals surface area contributed by atoms with Crippen molar-refractivity contribution in [2.45, 2.75) is 51.7 Å². The average Bonchev–Trinajstić information content (AvgIpc) is 3.12. The number of aryl methyl sites for hydroxylation is 2. The van der Waals surface area contributed by atoms with Crippen molar-refractivity contribution >= 4 is 5.69 Å². The third kappa shape index (κ3) is 3.78. The number of aromatic nitrogens is 4. The number of nitrogens with two attached hydrogens (primary N) is 1. The maximum absolute atomic E-state index is 5.85. The van der Waals surface area contributed by atoms with E-state index >= 15 is 0 Å². The van der Waals surface area contributed by atoms with Gasteiger partial charge in [0, 0.05) is 25.1 Å². The first kappa shape index (κ1) is 18.6. The number of pyridine rings is 2. The van der Waals surface area contributed by atoms with E-state index in [2.05, 4.69) is 36.0 Å². The van der Waals surface area contributed by atoms with Gasteiger partial charge in [-0.1, -0.05) is 12.1 Å². The van der Waals surface area contributed by atoms with Gasteiger partial charge in [0.1, 0.15) is 0 Å². The molecule has 4 heterocycles. The van der Waals surface area contributed by atoms with Gasteiger partial charge in [-0.15, -0.1) is 0 Å². The zero-order valence-corrected chi connectivity index (χ0v) is 16.6. The number of rotatable bonds is 5. The minimum atomic E-state index is 0.286. The quantitative estimate of drug-likeness (QED) is 0.732. The lowest BCUT2D eigenvalue weighted by atomic mass is 9.89. The summed E-state index contributed by atoms with van der Waals surface area (Å²) in [4.78, 5) is 12.1. The largest absolute Gasteiger partial charge is 0.396 e. The van der Waals surface area contributed by atoms with Crippen LogP contribution in [0.5, 0.6) is 0 Å². The summed E-state index contributed by atoms with van der Waals surface area (Å²) in [6, 6.07) is 8.91. The molecular weight excluding hydrogens is 348 g/mol. The Balaban J connectivity index is 1.68. The molecule has 0 saturated carbocycles. The number of likely N-dealkylation sites (tertiary alicyclic amines) is 1. The van der Waals surface area contributed by atoms with E-state index in [-0.39, 0.29) is 12.1 Å². The Labute approximate surface area is 166 Å². The minimum Gasteiger partial charge on any atom is -0.396 e. The molecule has 3 aromatic heterocycles. The van der Waals surface area contributed by atoms with Crippen molar-refractivity contribution in [2.24, 2.45) is 0 Å². The molecule has 146 valence electrons. The topological polar surface area (TPSA) is 72.9 Å². The van der Waals surface area contributed by atoms with Crippen LogP contribution in [0, 0.1) is 13.8 Å². The van der Waals surface area contributed by atoms with Crippen molar-refractivity contribution in [1.29, 1.82) is 0 Å². The highest BCUT2D eigenvalue weighted by atomic mass is 15.3. The Bertz CT molecular complexity index is 881. The Morgan fingerprint density at radius 2 is 1.57 bits per heavy atom. The van der Waals surface area contributed by atoms with Gasteiger partial charge >= 0.3 is 0 Å². The van der Waals surface area contributed by atoms with Crippen LogP contribution in [-0.4, -0.2) is 31.2 Å². The van der Waals surface area contributed by atoms with Crippen molar-refractivity contribution < 1.29 is 0 Å². The van der Waals surface area contributed by atoms with Gasteiger partial charge in [-0.25, -0.2) is 0 Å². The average molecular weight is 377 g/mol. The normalized spacial score (nSPS) is 20.4. The molecule has 0 unspecified atom stereocenters. The summed E-state index contributed by atoms with van der Waals surface area (Å²) in [5, 5.41) is 4.36. The van der Waals surface area contributed by atoms with Gasteiger partial charge in [0.25, 0.3) is 0 Å². The summed E-state index contributed by atoms with van der Waals surface area (Å²) in [6.07, 6.45) is 10.8. The van der Waals surface area contributed by atoms with Crippen LogP contribution in [0.4, 0.5) is 5.69 Å². The standard InChI is InChI=1S/C22H28N6/c1-16-6-4-10-24-21(16)19-8-3-9-20(22-17(2)7-5-11-25-22)28(19)13-12-27-15-18(23)14-26-27/h4-7,10-11,14-15,19-20H,3,8-9,12-13,23H2,1-2H3/t19-,20+. The van der Waals surface area contributed by atoms with E-state index in [1.807, 2.05) is 35.4 Å². The fraction of sp³-hybridized carbons (Fsp3) is 0.409. The highest BCUT2D eigenvalue weighted by Crippen LogP contribution is 2.41. The number of nitrogens with zero attached hydrogens (tertiary/aromatic N) is 5. The third-order valence-corrected chi connectivity index (χ3v) is 5.73. The first-order chi connectivity index (χ1) is 13.6. The molecule has 0 radical (unpaired) electrons. The Morgan fingerprint density at radius 3 is 2.07 bits per heavy atom. The van der Waals surface area contributed by atoms with Gasteiger partial charge < -0.3 is 5.73 Å². The van der Waals surface area contributed by atoms with Crippen LogP contribution in [-0.2, 0) is 6.54 Å². The van der Waals surface area contributed by atoms with Crippen LogP contribution in [0.1, 0.15) is 53.9 Å². The second-order valence-corrected chi connectivity index (χ2v) is 7.65. The molecule has 0 aromatic carbocycles. The van der Waals surface area contributed by atoms with E-state index in [1.165, 1.54) is 28.9 Å². The van der Waals surface area contributed by atoms with E-state index in [0.717, 1.165) is 25.9 Å². The van der Waals surface area contributed by atoms with Crippen molar-refractivity contribution in [3.05, 3.63) is 71.6 Å². The summed E-state index contributed by atoms with van der Waals surface area (Å²) in [5.74, 6) is 0. The van der Waals surface area contributed by atoms with Crippen LogP contribution >= 0.6 is 0 Å². The lowest BCUT2D eigenvalue weighted by Crippen LogP contribution is -2.39. The van der Waals surface area contributed by atoms with Crippen LogP contribution in [0.3, 0.4) is 0 Å². The van der Waals surface area contributed by atoms with Crippen LogP contribution in [0.15, 0.2) is 49.1 Å². The fourth-order valence-corrected chi connectivity index (χ4v) is 4.37. The molecule has 2 N–H and O–H groups in total. The van der Waals surface area contributed by atoms with Gasteiger partial charge in [0.05, 0.1) is 41.9 Å². The van der Waals surface area contributed by atoms with E-state index < -0.39 is 0 Å². The highest BCUT2D eigenvalue weighted by Gasteiger charge is 2.35. The molecule has 0 amide bonds. The molecule has 6 nitrogen and oxygen atoms in total. The molecule has 0 bridgehead atoms. The minimum absolute atomic E-state index is 0.286. The zero-order valence-electron chi connectivity index (χ0n) is 16.6. The monoisotopic (exact) mass is 376 g/mol.